The molecule has 3 fully saturated rings. The lowest BCUT2D eigenvalue weighted by molar-refractivity contribution is -0.122. The molecule has 3 atom stereocenters. The van der Waals surface area contributed by atoms with Crippen molar-refractivity contribution in [3.8, 4) is 0 Å². The first-order chi connectivity index (χ1) is 16.7. The Morgan fingerprint density at radius 2 is 1.77 bits per heavy atom. The number of carbonyl (C=O) groups is 1. The van der Waals surface area contributed by atoms with E-state index in [9.17, 15) is 4.79 Å². The molecule has 35 heavy (non-hydrogen) atoms. The van der Waals surface area contributed by atoms with Crippen LogP contribution in [-0.2, 0) is 11.2 Å². The van der Waals surface area contributed by atoms with Crippen molar-refractivity contribution in [3.63, 3.8) is 0 Å². The predicted molar refractivity (Wildman–Crippen MR) is 141 cm³/mol. The molecule has 2 aromatic rings. The molecule has 1 aromatic carbocycles. The topological polar surface area (TPSA) is 51.0 Å². The smallest absolute Gasteiger partial charge is 0.141 e. The molecule has 3 saturated carbocycles. The summed E-state index contributed by atoms with van der Waals surface area (Å²) in [6.45, 7) is 8.90. The zero-order chi connectivity index (χ0) is 24.9. The molecular formula is C30H44N4O. The highest BCUT2D eigenvalue weighted by Crippen LogP contribution is 2.50. The Labute approximate surface area is 211 Å². The van der Waals surface area contributed by atoms with E-state index in [0.717, 1.165) is 30.5 Å². The highest BCUT2D eigenvalue weighted by atomic mass is 16.1. The number of aryl methyl sites for hydroxylation is 2. The van der Waals surface area contributed by atoms with Crippen LogP contribution in [-0.4, -0.2) is 45.6 Å². The zero-order valence-corrected chi connectivity index (χ0v) is 22.6. The first-order valence-corrected chi connectivity index (χ1v) is 13.9. The molecule has 5 rings (SSSR count). The van der Waals surface area contributed by atoms with E-state index in [-0.39, 0.29) is 11.8 Å². The minimum Gasteiger partial charge on any atom is -0.311 e. The standard InChI is InChI=1S/C30H44N4O/c1-18(2)11-21-13-23(14-21)29-31-32-30(34(29)24-9-10-24)27-17-25(33(5)6)16-26(27)28(35)15-22-8-7-19(3)12-20(22)4/h7-8,12,18,21,23-27H,9-11,13-17H2,1-6H3/t21?,23?,25?,26-,27-/m0/s1. The van der Waals surface area contributed by atoms with Crippen LogP contribution in [0.15, 0.2) is 18.2 Å². The fourth-order valence-corrected chi connectivity index (χ4v) is 6.80. The number of Topliss-reactive ketones (excluding diaryl/α,β-unsaturated/α-hetero) is 1. The Bertz CT molecular complexity index is 1060. The maximum atomic E-state index is 13.8. The maximum Gasteiger partial charge on any atom is 0.141 e. The maximum absolute atomic E-state index is 13.8. The minimum atomic E-state index is 0.0210. The lowest BCUT2D eigenvalue weighted by Gasteiger charge is -2.36. The van der Waals surface area contributed by atoms with Crippen LogP contribution in [0.3, 0.4) is 0 Å². The molecular weight excluding hydrogens is 432 g/mol. The van der Waals surface area contributed by atoms with Gasteiger partial charge < -0.3 is 9.47 Å². The van der Waals surface area contributed by atoms with Crippen molar-refractivity contribution >= 4 is 5.78 Å². The van der Waals surface area contributed by atoms with Crippen molar-refractivity contribution in [3.05, 3.63) is 46.5 Å². The van der Waals surface area contributed by atoms with Gasteiger partial charge >= 0.3 is 0 Å². The van der Waals surface area contributed by atoms with Gasteiger partial charge in [0.05, 0.1) is 0 Å². The molecule has 5 nitrogen and oxygen atoms in total. The van der Waals surface area contributed by atoms with Gasteiger partial charge in [0.1, 0.15) is 17.4 Å². The van der Waals surface area contributed by atoms with Crippen molar-refractivity contribution in [2.24, 2.45) is 17.8 Å². The SMILES string of the molecule is Cc1ccc(CC(=O)[C@H]2CC(N(C)C)C[C@@H]2c2nnc(C3CC(CC(C)C)C3)n2C2CC2)c(C)c1. The largest absolute Gasteiger partial charge is 0.311 e. The van der Waals surface area contributed by atoms with E-state index in [1.807, 2.05) is 0 Å². The van der Waals surface area contributed by atoms with Crippen LogP contribution in [0, 0.1) is 31.6 Å². The Kier molecular flexibility index (Phi) is 6.91. The fraction of sp³-hybridized carbons (Fsp3) is 0.700. The Morgan fingerprint density at radius 3 is 2.40 bits per heavy atom. The summed E-state index contributed by atoms with van der Waals surface area (Å²) in [7, 11) is 4.30. The first-order valence-electron chi connectivity index (χ1n) is 13.9. The second-order valence-corrected chi connectivity index (χ2v) is 12.6. The van der Waals surface area contributed by atoms with Crippen molar-refractivity contribution < 1.29 is 4.79 Å². The number of carbonyl (C=O) groups excluding carboxylic acids is 1. The third kappa shape index (κ3) is 5.12. The summed E-state index contributed by atoms with van der Waals surface area (Å²) in [5.74, 6) is 5.05. The van der Waals surface area contributed by atoms with E-state index >= 15 is 0 Å². The number of benzene rings is 1. The Balaban J connectivity index is 1.40. The van der Waals surface area contributed by atoms with Crippen molar-refractivity contribution in [1.82, 2.24) is 19.7 Å². The molecule has 0 saturated heterocycles. The number of hydrogen-bond donors (Lipinski definition) is 0. The lowest BCUT2D eigenvalue weighted by Crippen LogP contribution is -2.27. The van der Waals surface area contributed by atoms with Crippen molar-refractivity contribution in [2.45, 2.75) is 103 Å². The van der Waals surface area contributed by atoms with Gasteiger partial charge in [-0.05, 0) is 95.9 Å². The number of nitrogens with zero attached hydrogens (tertiary/aromatic N) is 4. The molecule has 0 N–H and O–H groups in total. The summed E-state index contributed by atoms with van der Waals surface area (Å²) in [5.41, 5.74) is 3.64. The molecule has 190 valence electrons. The van der Waals surface area contributed by atoms with E-state index in [1.54, 1.807) is 0 Å². The molecule has 0 bridgehead atoms. The minimum absolute atomic E-state index is 0.0210. The molecule has 1 aromatic heterocycles. The van der Waals surface area contributed by atoms with E-state index < -0.39 is 0 Å². The summed E-state index contributed by atoms with van der Waals surface area (Å²) in [6.07, 6.45) is 8.74. The molecule has 0 spiro atoms. The average molecular weight is 477 g/mol. The highest BCUT2D eigenvalue weighted by molar-refractivity contribution is 5.85. The van der Waals surface area contributed by atoms with Crippen LogP contribution in [0.5, 0.6) is 0 Å². The second kappa shape index (κ2) is 9.80. The zero-order valence-electron chi connectivity index (χ0n) is 22.6. The Hall–Kier alpha value is -2.01. The first kappa shape index (κ1) is 24.7. The van der Waals surface area contributed by atoms with E-state index in [1.165, 1.54) is 54.6 Å². The number of rotatable bonds is 9. The van der Waals surface area contributed by atoms with Gasteiger partial charge in [-0.2, -0.15) is 0 Å². The normalized spacial score (nSPS) is 28.6. The van der Waals surface area contributed by atoms with E-state index in [2.05, 4.69) is 69.5 Å². The number of hydrogen-bond acceptors (Lipinski definition) is 4. The molecule has 3 aliphatic rings. The molecule has 5 heteroatoms. The van der Waals surface area contributed by atoms with Crippen LogP contribution >= 0.6 is 0 Å². The van der Waals surface area contributed by atoms with Crippen molar-refractivity contribution in [1.29, 1.82) is 0 Å². The van der Waals surface area contributed by atoms with Gasteiger partial charge in [0.2, 0.25) is 0 Å². The van der Waals surface area contributed by atoms with Gasteiger partial charge in [-0.1, -0.05) is 37.6 Å². The van der Waals surface area contributed by atoms with E-state index in [4.69, 9.17) is 10.2 Å². The third-order valence-electron chi connectivity index (χ3n) is 8.94. The van der Waals surface area contributed by atoms with Gasteiger partial charge in [-0.15, -0.1) is 10.2 Å². The van der Waals surface area contributed by atoms with Crippen LogP contribution in [0.4, 0.5) is 0 Å². The van der Waals surface area contributed by atoms with Gasteiger partial charge in [-0.25, -0.2) is 0 Å². The van der Waals surface area contributed by atoms with Gasteiger partial charge in [0, 0.05) is 36.3 Å². The summed E-state index contributed by atoms with van der Waals surface area (Å²) in [4.78, 5) is 16.1. The summed E-state index contributed by atoms with van der Waals surface area (Å²) in [5, 5.41) is 9.67. The van der Waals surface area contributed by atoms with Crippen LogP contribution in [0.2, 0.25) is 0 Å². The molecule has 0 aliphatic heterocycles. The summed E-state index contributed by atoms with van der Waals surface area (Å²) in [6, 6.07) is 7.43. The number of ketones is 1. The van der Waals surface area contributed by atoms with E-state index in [0.29, 0.717) is 30.2 Å². The molecule has 0 amide bonds. The molecule has 3 aliphatic carbocycles. The molecule has 1 heterocycles. The Morgan fingerprint density at radius 1 is 1.06 bits per heavy atom. The predicted octanol–water partition coefficient (Wildman–Crippen LogP) is 6.01. The highest BCUT2D eigenvalue weighted by Gasteiger charge is 2.46. The van der Waals surface area contributed by atoms with Crippen LogP contribution in [0.25, 0.3) is 0 Å². The second-order valence-electron chi connectivity index (χ2n) is 12.6. The fourth-order valence-electron chi connectivity index (χ4n) is 6.80. The average Bonchev–Trinajstić information content (AvgIpc) is 3.35. The molecule has 0 radical (unpaired) electrons. The lowest BCUT2D eigenvalue weighted by atomic mass is 9.71. The third-order valence-corrected chi connectivity index (χ3v) is 8.94. The van der Waals surface area contributed by atoms with Gasteiger partial charge in [0.15, 0.2) is 0 Å². The summed E-state index contributed by atoms with van der Waals surface area (Å²) < 4.78 is 2.51. The summed E-state index contributed by atoms with van der Waals surface area (Å²) >= 11 is 0. The van der Waals surface area contributed by atoms with Crippen LogP contribution < -0.4 is 0 Å². The van der Waals surface area contributed by atoms with Crippen molar-refractivity contribution in [2.75, 3.05) is 14.1 Å². The molecule has 1 unspecified atom stereocenters. The van der Waals surface area contributed by atoms with Gasteiger partial charge in [0.25, 0.3) is 0 Å². The number of aromatic nitrogens is 3. The monoisotopic (exact) mass is 476 g/mol. The van der Waals surface area contributed by atoms with Crippen LogP contribution in [0.1, 0.15) is 105 Å². The van der Waals surface area contributed by atoms with Gasteiger partial charge in [-0.3, -0.25) is 4.79 Å². The quantitative estimate of drug-likeness (QED) is 0.445.